The summed E-state index contributed by atoms with van der Waals surface area (Å²) in [5, 5.41) is 14.2. The van der Waals surface area contributed by atoms with Crippen LogP contribution in [-0.4, -0.2) is 40.8 Å². The van der Waals surface area contributed by atoms with E-state index < -0.39 is 12.0 Å². The van der Waals surface area contributed by atoms with E-state index in [1.807, 2.05) is 6.07 Å². The summed E-state index contributed by atoms with van der Waals surface area (Å²) in [6.07, 6.45) is 5.48. The number of carbonyl (C=O) groups excluding carboxylic acids is 3. The van der Waals surface area contributed by atoms with E-state index in [0.29, 0.717) is 11.8 Å². The van der Waals surface area contributed by atoms with Crippen LogP contribution >= 0.6 is 0 Å². The first-order chi connectivity index (χ1) is 18.9. The van der Waals surface area contributed by atoms with Crippen LogP contribution in [0.1, 0.15) is 93.4 Å². The van der Waals surface area contributed by atoms with Gasteiger partial charge in [0.15, 0.2) is 5.78 Å². The van der Waals surface area contributed by atoms with Gasteiger partial charge in [-0.2, -0.15) is 0 Å². The predicted molar refractivity (Wildman–Crippen MR) is 156 cm³/mol. The molecule has 40 heavy (non-hydrogen) atoms. The van der Waals surface area contributed by atoms with Gasteiger partial charge in [-0.15, -0.1) is 0 Å². The Morgan fingerprint density at radius 1 is 0.725 bits per heavy atom. The highest BCUT2D eigenvalue weighted by Crippen LogP contribution is 2.39. The second kappa shape index (κ2) is 14.2. The molecule has 2 aliphatic carbocycles. The zero-order chi connectivity index (χ0) is 29.4. The monoisotopic (exact) mass is 548 g/mol. The molecule has 7 heteroatoms. The number of rotatable bonds is 8. The predicted octanol–water partition coefficient (Wildman–Crippen LogP) is 5.44. The highest BCUT2D eigenvalue weighted by molar-refractivity contribution is 5.88. The van der Waals surface area contributed by atoms with Gasteiger partial charge in [-0.05, 0) is 96.1 Å². The lowest BCUT2D eigenvalue weighted by atomic mass is 9.95. The first kappa shape index (κ1) is 31.1. The Morgan fingerprint density at radius 3 is 1.52 bits per heavy atom. The van der Waals surface area contributed by atoms with E-state index >= 15 is 0 Å². The van der Waals surface area contributed by atoms with E-state index in [9.17, 15) is 19.2 Å². The number of carbonyl (C=O) groups is 4. The number of nitrogens with one attached hydrogen (secondary N) is 2. The Labute approximate surface area is 238 Å². The molecular formula is C33H44N2O5. The second-order valence-electron chi connectivity index (χ2n) is 11.7. The van der Waals surface area contributed by atoms with Gasteiger partial charge < -0.3 is 15.7 Å². The molecule has 0 radical (unpaired) electrons. The fourth-order valence-corrected chi connectivity index (χ4v) is 5.72. The summed E-state index contributed by atoms with van der Waals surface area (Å²) in [6, 6.07) is 15.7. The van der Waals surface area contributed by atoms with Gasteiger partial charge in [0.25, 0.3) is 0 Å². The number of carboxylic acid groups (broad SMARTS) is 1. The molecule has 6 atom stereocenters. The third kappa shape index (κ3) is 8.77. The first-order valence-electron chi connectivity index (χ1n) is 14.4. The molecule has 2 aromatic carbocycles. The Bertz CT molecular complexity index is 1120. The van der Waals surface area contributed by atoms with E-state index in [1.165, 1.54) is 36.1 Å². The number of hydrogen-bond acceptors (Lipinski definition) is 4. The molecule has 4 rings (SSSR count). The Kier molecular flexibility index (Phi) is 11.1. The number of amides is 2. The lowest BCUT2D eigenvalue weighted by molar-refractivity contribution is -0.141. The molecule has 2 aromatic rings. The second-order valence-corrected chi connectivity index (χ2v) is 11.7. The molecule has 2 aliphatic rings. The maximum absolute atomic E-state index is 12.1. The molecule has 0 aliphatic heterocycles. The summed E-state index contributed by atoms with van der Waals surface area (Å²) in [5.41, 5.74) is 5.11. The zero-order valence-electron chi connectivity index (χ0n) is 24.4. The van der Waals surface area contributed by atoms with Crippen molar-refractivity contribution < 1.29 is 24.3 Å². The lowest BCUT2D eigenvalue weighted by Crippen LogP contribution is -2.41. The van der Waals surface area contributed by atoms with Gasteiger partial charge in [-0.25, -0.2) is 0 Å². The number of hydrogen-bond donors (Lipinski definition) is 3. The van der Waals surface area contributed by atoms with Crippen molar-refractivity contribution in [2.24, 2.45) is 11.8 Å². The number of aliphatic carboxylic acids is 1. The molecule has 0 heterocycles. The van der Waals surface area contributed by atoms with Crippen LogP contribution < -0.4 is 10.6 Å². The highest BCUT2D eigenvalue weighted by atomic mass is 16.4. The minimum Gasteiger partial charge on any atom is -0.480 e. The Morgan fingerprint density at radius 2 is 1.15 bits per heavy atom. The number of benzene rings is 2. The molecule has 0 saturated heterocycles. The van der Waals surface area contributed by atoms with Crippen LogP contribution in [0.5, 0.6) is 0 Å². The first-order valence-corrected chi connectivity index (χ1v) is 14.4. The van der Waals surface area contributed by atoms with E-state index in [0.717, 1.165) is 38.5 Å². The average molecular weight is 549 g/mol. The van der Waals surface area contributed by atoms with Gasteiger partial charge in [0.1, 0.15) is 6.04 Å². The Hall–Kier alpha value is -3.48. The van der Waals surface area contributed by atoms with Crippen molar-refractivity contribution in [3.05, 3.63) is 70.8 Å². The van der Waals surface area contributed by atoms with Crippen LogP contribution in [0, 0.1) is 25.7 Å². The third-order valence-corrected chi connectivity index (χ3v) is 8.33. The van der Waals surface area contributed by atoms with Gasteiger partial charge >= 0.3 is 5.97 Å². The molecule has 216 valence electrons. The summed E-state index contributed by atoms with van der Waals surface area (Å²) < 4.78 is 0. The van der Waals surface area contributed by atoms with Gasteiger partial charge in [-0.1, -0.05) is 59.7 Å². The SMILES string of the molecule is CC(=O)[C@H](C)NC(=O)[C@@H]1CC[C@H](c2cccc(C)c2)C1.Cc1cccc([C@H]2CC[C@@H](C(=O)N[C@@H](C)C(=O)O)C2)c1. The molecule has 2 saturated carbocycles. The van der Waals surface area contributed by atoms with Crippen LogP contribution in [0.2, 0.25) is 0 Å². The van der Waals surface area contributed by atoms with E-state index in [1.54, 1.807) is 6.92 Å². The van der Waals surface area contributed by atoms with Crippen molar-refractivity contribution in [1.82, 2.24) is 10.6 Å². The average Bonchev–Trinajstić information content (AvgIpc) is 3.60. The zero-order valence-corrected chi connectivity index (χ0v) is 24.4. The van der Waals surface area contributed by atoms with Crippen molar-refractivity contribution >= 4 is 23.6 Å². The lowest BCUT2D eigenvalue weighted by Gasteiger charge is -2.15. The largest absolute Gasteiger partial charge is 0.480 e. The maximum Gasteiger partial charge on any atom is 0.325 e. The molecule has 2 amide bonds. The molecule has 7 nitrogen and oxygen atoms in total. The number of Topliss-reactive ketones (excluding diaryl/α,β-unsaturated/α-hetero) is 1. The molecule has 0 aromatic heterocycles. The smallest absolute Gasteiger partial charge is 0.325 e. The molecular weight excluding hydrogens is 504 g/mol. The molecule has 0 spiro atoms. The van der Waals surface area contributed by atoms with Crippen molar-refractivity contribution in [2.75, 3.05) is 0 Å². The molecule has 3 N–H and O–H groups in total. The number of ketones is 1. The van der Waals surface area contributed by atoms with Crippen LogP contribution in [-0.2, 0) is 19.2 Å². The fourth-order valence-electron chi connectivity index (χ4n) is 5.72. The normalized spacial score (nSPS) is 23.3. The van der Waals surface area contributed by atoms with Crippen LogP contribution in [0.3, 0.4) is 0 Å². The van der Waals surface area contributed by atoms with Gasteiger partial charge in [-0.3, -0.25) is 19.2 Å². The molecule has 0 unspecified atom stereocenters. The van der Waals surface area contributed by atoms with E-state index in [4.69, 9.17) is 5.11 Å². The summed E-state index contributed by atoms with van der Waals surface area (Å²) >= 11 is 0. The summed E-state index contributed by atoms with van der Waals surface area (Å²) in [6.45, 7) is 8.91. The number of carboxylic acids is 1. The van der Waals surface area contributed by atoms with Crippen molar-refractivity contribution in [3.63, 3.8) is 0 Å². The van der Waals surface area contributed by atoms with E-state index in [2.05, 4.69) is 66.9 Å². The van der Waals surface area contributed by atoms with E-state index in [-0.39, 0.29) is 35.5 Å². The van der Waals surface area contributed by atoms with Crippen LogP contribution in [0.15, 0.2) is 48.5 Å². The summed E-state index contributed by atoms with van der Waals surface area (Å²) in [5.74, 6) is -0.232. The topological polar surface area (TPSA) is 113 Å². The molecule has 2 fully saturated rings. The third-order valence-electron chi connectivity index (χ3n) is 8.33. The van der Waals surface area contributed by atoms with Crippen molar-refractivity contribution in [2.45, 2.75) is 97.1 Å². The quantitative estimate of drug-likeness (QED) is 0.407. The fraction of sp³-hybridized carbons (Fsp3) is 0.515. The van der Waals surface area contributed by atoms with Gasteiger partial charge in [0, 0.05) is 11.8 Å². The van der Waals surface area contributed by atoms with Crippen molar-refractivity contribution in [1.29, 1.82) is 0 Å². The molecule has 0 bridgehead atoms. The standard InChI is InChI=1S/C17H23NO2.C16H21NO3/c1-11-5-4-6-14(9-11)15-7-8-16(10-15)17(20)18-12(2)13(3)19;1-10-4-3-5-12(8-10)13-6-7-14(9-13)15(18)17-11(2)16(19)20/h4-6,9,12,15-16H,7-8,10H2,1-3H3,(H,18,20);3-5,8,11,13-14H,6-7,9H2,1-2H3,(H,17,18)(H,19,20)/t12-,15-,16+;11-,13-,14+/m00/s1. The van der Waals surface area contributed by atoms with Crippen LogP contribution in [0.25, 0.3) is 0 Å². The van der Waals surface area contributed by atoms with Crippen molar-refractivity contribution in [3.8, 4) is 0 Å². The maximum atomic E-state index is 12.1. The number of aryl methyl sites for hydroxylation is 2. The highest BCUT2D eigenvalue weighted by Gasteiger charge is 2.33. The Balaban J connectivity index is 0.000000220. The van der Waals surface area contributed by atoms with Crippen LogP contribution in [0.4, 0.5) is 0 Å². The summed E-state index contributed by atoms with van der Waals surface area (Å²) in [4.78, 5) is 46.1. The van der Waals surface area contributed by atoms with Gasteiger partial charge in [0.2, 0.25) is 11.8 Å². The summed E-state index contributed by atoms with van der Waals surface area (Å²) in [7, 11) is 0. The van der Waals surface area contributed by atoms with Gasteiger partial charge in [0.05, 0.1) is 6.04 Å². The minimum atomic E-state index is -0.994. The minimum absolute atomic E-state index is 0.00609.